The highest BCUT2D eigenvalue weighted by molar-refractivity contribution is 7.89. The first-order valence-corrected chi connectivity index (χ1v) is 6.25. The molecule has 0 aliphatic rings. The lowest BCUT2D eigenvalue weighted by atomic mass is 10.4. The molecule has 1 heterocycles. The van der Waals surface area contributed by atoms with Crippen LogP contribution in [0.1, 0.15) is 10.5 Å². The number of hydrogen-bond acceptors (Lipinski definition) is 4. The molecule has 7 nitrogen and oxygen atoms in total. The molecule has 0 saturated carbocycles. The quantitative estimate of drug-likeness (QED) is 0.683. The van der Waals surface area contributed by atoms with Crippen molar-refractivity contribution in [2.24, 2.45) is 7.05 Å². The van der Waals surface area contributed by atoms with Gasteiger partial charge in [-0.2, -0.15) is 0 Å². The zero-order valence-electron chi connectivity index (χ0n) is 9.50. The van der Waals surface area contributed by atoms with Crippen molar-refractivity contribution in [2.75, 3.05) is 20.3 Å². The van der Waals surface area contributed by atoms with Crippen LogP contribution in [0.4, 0.5) is 0 Å². The van der Waals surface area contributed by atoms with Crippen molar-refractivity contribution in [1.82, 2.24) is 9.29 Å². The summed E-state index contributed by atoms with van der Waals surface area (Å²) in [6.07, 6.45) is 1.25. The minimum absolute atomic E-state index is 0.0755. The molecule has 0 bridgehead atoms. The lowest BCUT2D eigenvalue weighted by molar-refractivity contribution is 0.0686. The Kier molecular flexibility index (Phi) is 4.27. The van der Waals surface area contributed by atoms with Crippen LogP contribution in [-0.4, -0.2) is 44.3 Å². The van der Waals surface area contributed by atoms with Crippen molar-refractivity contribution in [2.45, 2.75) is 4.90 Å². The molecule has 0 radical (unpaired) electrons. The molecule has 0 spiro atoms. The lowest BCUT2D eigenvalue weighted by Gasteiger charge is -2.03. The van der Waals surface area contributed by atoms with E-state index in [0.717, 1.165) is 6.07 Å². The molecular formula is C9H14N2O5S. The average molecular weight is 262 g/mol. The number of nitrogens with one attached hydrogen (secondary N) is 1. The summed E-state index contributed by atoms with van der Waals surface area (Å²) >= 11 is 0. The molecule has 2 N–H and O–H groups in total. The van der Waals surface area contributed by atoms with E-state index in [1.54, 1.807) is 0 Å². The van der Waals surface area contributed by atoms with E-state index in [-0.39, 0.29) is 23.7 Å². The highest BCUT2D eigenvalue weighted by Gasteiger charge is 2.19. The topological polar surface area (TPSA) is 97.6 Å². The summed E-state index contributed by atoms with van der Waals surface area (Å²) in [5.41, 5.74) is -0.0860. The van der Waals surface area contributed by atoms with E-state index in [4.69, 9.17) is 9.84 Å². The van der Waals surface area contributed by atoms with E-state index in [1.807, 2.05) is 0 Å². The summed E-state index contributed by atoms with van der Waals surface area (Å²) in [6.45, 7) is 0.383. The molecule has 1 aromatic heterocycles. The van der Waals surface area contributed by atoms with Crippen LogP contribution in [0.5, 0.6) is 0 Å². The van der Waals surface area contributed by atoms with Crippen molar-refractivity contribution >= 4 is 16.0 Å². The second kappa shape index (κ2) is 5.30. The average Bonchev–Trinajstić information content (AvgIpc) is 2.61. The van der Waals surface area contributed by atoms with Crippen molar-refractivity contribution in [3.63, 3.8) is 0 Å². The molecule has 8 heteroatoms. The van der Waals surface area contributed by atoms with Gasteiger partial charge in [0.1, 0.15) is 10.6 Å². The number of hydrogen-bond donors (Lipinski definition) is 2. The van der Waals surface area contributed by atoms with E-state index in [1.165, 1.54) is 24.9 Å². The summed E-state index contributed by atoms with van der Waals surface area (Å²) in [5, 5.41) is 8.80. The largest absolute Gasteiger partial charge is 0.477 e. The van der Waals surface area contributed by atoms with Gasteiger partial charge in [0.15, 0.2) is 0 Å². The van der Waals surface area contributed by atoms with Crippen LogP contribution in [-0.2, 0) is 21.8 Å². The minimum Gasteiger partial charge on any atom is -0.477 e. The van der Waals surface area contributed by atoms with Crippen molar-refractivity contribution in [3.05, 3.63) is 18.0 Å². The number of rotatable bonds is 6. The van der Waals surface area contributed by atoms with Gasteiger partial charge in [-0.1, -0.05) is 0 Å². The maximum Gasteiger partial charge on any atom is 0.352 e. The number of sulfonamides is 1. The molecule has 0 unspecified atom stereocenters. The molecular weight excluding hydrogens is 248 g/mol. The molecule has 0 fully saturated rings. The van der Waals surface area contributed by atoms with E-state index in [9.17, 15) is 13.2 Å². The van der Waals surface area contributed by atoms with Crippen molar-refractivity contribution in [1.29, 1.82) is 0 Å². The molecule has 96 valence electrons. The number of aryl methyl sites for hydroxylation is 1. The van der Waals surface area contributed by atoms with Crippen LogP contribution >= 0.6 is 0 Å². The SMILES string of the molecule is COCCNS(=O)(=O)c1cc(C(=O)O)n(C)c1. The Labute approximate surface area is 99.1 Å². The number of nitrogens with zero attached hydrogens (tertiary/aromatic N) is 1. The first kappa shape index (κ1) is 13.7. The smallest absolute Gasteiger partial charge is 0.352 e. The predicted octanol–water partition coefficient (Wildman–Crippen LogP) is -0.352. The molecule has 0 amide bonds. The Morgan fingerprint density at radius 2 is 2.24 bits per heavy atom. The van der Waals surface area contributed by atoms with Gasteiger partial charge < -0.3 is 14.4 Å². The van der Waals surface area contributed by atoms with Gasteiger partial charge in [0.05, 0.1) is 6.61 Å². The highest BCUT2D eigenvalue weighted by atomic mass is 32.2. The summed E-state index contributed by atoms with van der Waals surface area (Å²) in [7, 11) is -0.754. The number of aromatic carboxylic acids is 1. The number of carboxylic acid groups (broad SMARTS) is 1. The van der Waals surface area contributed by atoms with Crippen molar-refractivity contribution in [3.8, 4) is 0 Å². The van der Waals surface area contributed by atoms with Gasteiger partial charge in [0.25, 0.3) is 0 Å². The first-order valence-electron chi connectivity index (χ1n) is 4.76. The van der Waals surface area contributed by atoms with E-state index >= 15 is 0 Å². The maximum absolute atomic E-state index is 11.7. The fourth-order valence-electron chi connectivity index (χ4n) is 1.26. The fourth-order valence-corrected chi connectivity index (χ4v) is 2.34. The van der Waals surface area contributed by atoms with Gasteiger partial charge in [-0.15, -0.1) is 0 Å². The second-order valence-electron chi connectivity index (χ2n) is 3.37. The van der Waals surface area contributed by atoms with Crippen LogP contribution < -0.4 is 4.72 Å². The molecule has 0 saturated heterocycles. The Bertz CT molecular complexity index is 505. The van der Waals surface area contributed by atoms with E-state index < -0.39 is 16.0 Å². The zero-order valence-corrected chi connectivity index (χ0v) is 10.3. The third-order valence-electron chi connectivity index (χ3n) is 2.11. The first-order chi connectivity index (χ1) is 7.88. The number of methoxy groups -OCH3 is 1. The third-order valence-corrected chi connectivity index (χ3v) is 3.54. The number of ether oxygens (including phenoxy) is 1. The summed E-state index contributed by atoms with van der Waals surface area (Å²) in [5.74, 6) is -1.18. The standard InChI is InChI=1S/C9H14N2O5S/c1-11-6-7(5-8(11)9(12)13)17(14,15)10-3-4-16-2/h5-6,10H,3-4H2,1-2H3,(H,12,13). The molecule has 0 aliphatic carbocycles. The normalized spacial score (nSPS) is 11.6. The Morgan fingerprint density at radius 1 is 1.59 bits per heavy atom. The summed E-state index contributed by atoms with van der Waals surface area (Å²) in [4.78, 5) is 10.7. The van der Waals surface area contributed by atoms with Crippen LogP contribution in [0.25, 0.3) is 0 Å². The van der Waals surface area contributed by atoms with Gasteiger partial charge in [-0.25, -0.2) is 17.9 Å². The lowest BCUT2D eigenvalue weighted by Crippen LogP contribution is -2.26. The Morgan fingerprint density at radius 3 is 2.71 bits per heavy atom. The molecule has 0 aliphatic heterocycles. The van der Waals surface area contributed by atoms with Gasteiger partial charge in [0.2, 0.25) is 10.0 Å². The van der Waals surface area contributed by atoms with Gasteiger partial charge in [-0.05, 0) is 6.07 Å². The van der Waals surface area contributed by atoms with Crippen LogP contribution in [0.3, 0.4) is 0 Å². The Hall–Kier alpha value is -1.38. The molecule has 0 atom stereocenters. The predicted molar refractivity (Wildman–Crippen MR) is 59.4 cm³/mol. The van der Waals surface area contributed by atoms with Crippen LogP contribution in [0, 0.1) is 0 Å². The Balaban J connectivity index is 2.92. The van der Waals surface area contributed by atoms with Crippen LogP contribution in [0.15, 0.2) is 17.2 Å². The third kappa shape index (κ3) is 3.29. The van der Waals surface area contributed by atoms with Gasteiger partial charge in [0, 0.05) is 26.9 Å². The molecule has 1 rings (SSSR count). The molecule has 17 heavy (non-hydrogen) atoms. The van der Waals surface area contributed by atoms with E-state index in [2.05, 4.69) is 4.72 Å². The second-order valence-corrected chi connectivity index (χ2v) is 5.13. The maximum atomic E-state index is 11.7. The number of aromatic nitrogens is 1. The minimum atomic E-state index is -3.68. The van der Waals surface area contributed by atoms with Crippen LogP contribution in [0.2, 0.25) is 0 Å². The number of carboxylic acids is 1. The fraction of sp³-hybridized carbons (Fsp3) is 0.444. The monoisotopic (exact) mass is 262 g/mol. The molecule has 0 aromatic carbocycles. The summed E-state index contributed by atoms with van der Waals surface area (Å²) in [6, 6.07) is 1.11. The zero-order chi connectivity index (χ0) is 13.1. The summed E-state index contributed by atoms with van der Waals surface area (Å²) < 4.78 is 31.7. The number of carbonyl (C=O) groups is 1. The highest BCUT2D eigenvalue weighted by Crippen LogP contribution is 2.13. The van der Waals surface area contributed by atoms with Gasteiger partial charge in [-0.3, -0.25) is 0 Å². The van der Waals surface area contributed by atoms with Gasteiger partial charge >= 0.3 is 5.97 Å². The molecule has 1 aromatic rings. The van der Waals surface area contributed by atoms with Crippen molar-refractivity contribution < 1.29 is 23.1 Å². The van der Waals surface area contributed by atoms with E-state index in [0.29, 0.717) is 0 Å².